The van der Waals surface area contributed by atoms with Crippen LogP contribution in [0.15, 0.2) is 47.4 Å². The fourth-order valence-corrected chi connectivity index (χ4v) is 3.26. The van der Waals surface area contributed by atoms with Gasteiger partial charge in [0.15, 0.2) is 9.84 Å². The smallest absolute Gasteiger partial charge is 0.249 e. The summed E-state index contributed by atoms with van der Waals surface area (Å²) in [4.78, 5) is 11.1. The largest absolute Gasteiger partial charge is 0.396 e. The fourth-order valence-electron chi connectivity index (χ4n) is 1.88. The number of carbonyl (C=O) groups excluding carboxylic acids is 1. The molecule has 0 spiro atoms. The first-order valence-corrected chi connectivity index (χ1v) is 7.62. The fraction of sp³-hybridized carbons (Fsp3) is 0.0714. The van der Waals surface area contributed by atoms with E-state index in [-0.39, 0.29) is 21.7 Å². The summed E-state index contributed by atoms with van der Waals surface area (Å²) in [5, 5.41) is 0. The van der Waals surface area contributed by atoms with E-state index in [1.165, 1.54) is 24.3 Å². The second-order valence-corrected chi connectivity index (χ2v) is 6.45. The summed E-state index contributed by atoms with van der Waals surface area (Å²) in [5.41, 5.74) is 10.8. The minimum absolute atomic E-state index is 0.122. The first-order chi connectivity index (χ1) is 9.81. The lowest BCUT2D eigenvalue weighted by atomic mass is 10.1. The summed E-state index contributed by atoms with van der Waals surface area (Å²) >= 11 is 0. The third kappa shape index (κ3) is 3.19. The van der Waals surface area contributed by atoms with Crippen molar-refractivity contribution in [2.45, 2.75) is 10.6 Å². The average Bonchev–Trinajstić information content (AvgIpc) is 2.41. The molecule has 0 radical (unpaired) electrons. The van der Waals surface area contributed by atoms with Crippen LogP contribution in [0.25, 0.3) is 0 Å². The Hall–Kier alpha value is -2.41. The molecule has 5 nitrogen and oxygen atoms in total. The number of primary amides is 1. The Morgan fingerprint density at radius 2 is 1.81 bits per heavy atom. The van der Waals surface area contributed by atoms with E-state index in [0.29, 0.717) is 0 Å². The van der Waals surface area contributed by atoms with Gasteiger partial charge in [-0.1, -0.05) is 18.2 Å². The summed E-state index contributed by atoms with van der Waals surface area (Å²) in [6, 6.07) is 9.38. The van der Waals surface area contributed by atoms with Crippen molar-refractivity contribution in [3.63, 3.8) is 0 Å². The molecule has 4 N–H and O–H groups in total. The van der Waals surface area contributed by atoms with Crippen LogP contribution >= 0.6 is 0 Å². The first kappa shape index (κ1) is 15.0. The highest BCUT2D eigenvalue weighted by Crippen LogP contribution is 2.21. The number of carbonyl (C=O) groups is 1. The maximum absolute atomic E-state index is 13.4. The SMILES string of the molecule is NC(=O)c1ccccc1CS(=O)(=O)c1ccc(N)c(F)c1. The van der Waals surface area contributed by atoms with Crippen LogP contribution in [0.2, 0.25) is 0 Å². The molecule has 0 saturated heterocycles. The number of nitrogens with two attached hydrogens (primary N) is 2. The third-order valence-corrected chi connectivity index (χ3v) is 4.62. The molecular formula is C14H13FN2O3S. The Balaban J connectivity index is 2.42. The standard InChI is InChI=1S/C14H13FN2O3S/c15-12-7-10(5-6-13(12)16)21(19,20)8-9-3-1-2-4-11(9)14(17)18/h1-7H,8,16H2,(H2,17,18). The number of hydrogen-bond acceptors (Lipinski definition) is 4. The summed E-state index contributed by atoms with van der Waals surface area (Å²) in [7, 11) is -3.81. The van der Waals surface area contributed by atoms with E-state index < -0.39 is 27.3 Å². The molecule has 0 atom stereocenters. The first-order valence-electron chi connectivity index (χ1n) is 5.97. The molecule has 0 saturated carbocycles. The lowest BCUT2D eigenvalue weighted by molar-refractivity contribution is 0.0999. The minimum Gasteiger partial charge on any atom is -0.396 e. The quantitative estimate of drug-likeness (QED) is 0.835. The molecule has 0 aliphatic carbocycles. The molecule has 7 heteroatoms. The lowest BCUT2D eigenvalue weighted by Crippen LogP contribution is -2.16. The second kappa shape index (κ2) is 5.53. The van der Waals surface area contributed by atoms with E-state index in [1.54, 1.807) is 12.1 Å². The number of benzene rings is 2. The van der Waals surface area contributed by atoms with Crippen LogP contribution < -0.4 is 11.5 Å². The van der Waals surface area contributed by atoms with Gasteiger partial charge in [-0.2, -0.15) is 0 Å². The van der Waals surface area contributed by atoms with E-state index in [1.807, 2.05) is 0 Å². The minimum atomic E-state index is -3.81. The lowest BCUT2D eigenvalue weighted by Gasteiger charge is -2.08. The molecule has 2 rings (SSSR count). The zero-order chi connectivity index (χ0) is 15.6. The summed E-state index contributed by atoms with van der Waals surface area (Å²) < 4.78 is 38.0. The van der Waals surface area contributed by atoms with E-state index >= 15 is 0 Å². The van der Waals surface area contributed by atoms with Gasteiger partial charge in [0, 0.05) is 5.56 Å². The number of halogens is 1. The van der Waals surface area contributed by atoms with Gasteiger partial charge in [0.2, 0.25) is 5.91 Å². The maximum Gasteiger partial charge on any atom is 0.249 e. The summed E-state index contributed by atoms with van der Waals surface area (Å²) in [6.45, 7) is 0. The highest BCUT2D eigenvalue weighted by atomic mass is 32.2. The van der Waals surface area contributed by atoms with Gasteiger partial charge in [0.1, 0.15) is 5.82 Å². The summed E-state index contributed by atoms with van der Waals surface area (Å²) in [6.07, 6.45) is 0. The molecule has 2 aromatic rings. The molecule has 0 aliphatic rings. The molecular weight excluding hydrogens is 295 g/mol. The average molecular weight is 308 g/mol. The molecule has 0 aliphatic heterocycles. The van der Waals surface area contributed by atoms with Crippen molar-refractivity contribution in [1.82, 2.24) is 0 Å². The number of rotatable bonds is 4. The number of nitrogen functional groups attached to an aromatic ring is 1. The second-order valence-electron chi connectivity index (χ2n) is 4.46. The normalized spacial score (nSPS) is 11.3. The van der Waals surface area contributed by atoms with Gasteiger partial charge in [-0.05, 0) is 29.8 Å². The Bertz CT molecular complexity index is 804. The topological polar surface area (TPSA) is 103 Å². The van der Waals surface area contributed by atoms with Crippen molar-refractivity contribution in [1.29, 1.82) is 0 Å². The molecule has 110 valence electrons. The van der Waals surface area contributed by atoms with Gasteiger partial charge in [-0.25, -0.2) is 12.8 Å². The van der Waals surface area contributed by atoms with Crippen LogP contribution in [0.1, 0.15) is 15.9 Å². The van der Waals surface area contributed by atoms with Crippen LogP contribution in [-0.4, -0.2) is 14.3 Å². The molecule has 0 unspecified atom stereocenters. The van der Waals surface area contributed by atoms with E-state index in [4.69, 9.17) is 11.5 Å². The molecule has 0 bridgehead atoms. The molecule has 0 fully saturated rings. The van der Waals surface area contributed by atoms with Crippen LogP contribution in [0, 0.1) is 5.82 Å². The van der Waals surface area contributed by atoms with Crippen LogP contribution in [0.3, 0.4) is 0 Å². The molecule has 21 heavy (non-hydrogen) atoms. The van der Waals surface area contributed by atoms with Crippen molar-refractivity contribution >= 4 is 21.4 Å². The third-order valence-electron chi connectivity index (χ3n) is 2.96. The van der Waals surface area contributed by atoms with Gasteiger partial charge < -0.3 is 11.5 Å². The molecule has 0 heterocycles. The molecule has 1 amide bonds. The number of amides is 1. The maximum atomic E-state index is 13.4. The van der Waals surface area contributed by atoms with E-state index in [0.717, 1.165) is 6.07 Å². The number of anilines is 1. The predicted octanol–water partition coefficient (Wildman–Crippen LogP) is 1.48. The highest BCUT2D eigenvalue weighted by Gasteiger charge is 2.19. The van der Waals surface area contributed by atoms with Gasteiger partial charge in [0.25, 0.3) is 0 Å². The summed E-state index contributed by atoms with van der Waals surface area (Å²) in [5.74, 6) is -1.97. The highest BCUT2D eigenvalue weighted by molar-refractivity contribution is 7.90. The van der Waals surface area contributed by atoms with Crippen LogP contribution in [-0.2, 0) is 15.6 Å². The van der Waals surface area contributed by atoms with Gasteiger partial charge in [0.05, 0.1) is 16.3 Å². The Labute approximate surface area is 121 Å². The van der Waals surface area contributed by atoms with Crippen LogP contribution in [0.4, 0.5) is 10.1 Å². The van der Waals surface area contributed by atoms with Crippen molar-refractivity contribution in [2.24, 2.45) is 5.73 Å². The Kier molecular flexibility index (Phi) is 3.95. The van der Waals surface area contributed by atoms with Crippen LogP contribution in [0.5, 0.6) is 0 Å². The van der Waals surface area contributed by atoms with Crippen molar-refractivity contribution in [3.8, 4) is 0 Å². The van der Waals surface area contributed by atoms with E-state index in [2.05, 4.69) is 0 Å². The van der Waals surface area contributed by atoms with Crippen molar-refractivity contribution in [2.75, 3.05) is 5.73 Å². The molecule has 0 aromatic heterocycles. The zero-order valence-electron chi connectivity index (χ0n) is 10.9. The van der Waals surface area contributed by atoms with Crippen molar-refractivity contribution < 1.29 is 17.6 Å². The predicted molar refractivity (Wildman–Crippen MR) is 76.7 cm³/mol. The van der Waals surface area contributed by atoms with Gasteiger partial charge in [-0.15, -0.1) is 0 Å². The monoisotopic (exact) mass is 308 g/mol. The molecule has 2 aromatic carbocycles. The Morgan fingerprint density at radius 3 is 2.43 bits per heavy atom. The Morgan fingerprint density at radius 1 is 1.14 bits per heavy atom. The van der Waals surface area contributed by atoms with Gasteiger partial charge >= 0.3 is 0 Å². The zero-order valence-corrected chi connectivity index (χ0v) is 11.7. The van der Waals surface area contributed by atoms with Gasteiger partial charge in [-0.3, -0.25) is 4.79 Å². The van der Waals surface area contributed by atoms with Crippen molar-refractivity contribution in [3.05, 3.63) is 59.4 Å². The number of hydrogen-bond donors (Lipinski definition) is 2. The number of sulfone groups is 1. The van der Waals surface area contributed by atoms with E-state index in [9.17, 15) is 17.6 Å².